The van der Waals surface area contributed by atoms with Gasteiger partial charge >= 0.3 is 5.97 Å². The molecule has 1 fully saturated rings. The molecule has 2 N–H and O–H groups in total. The third-order valence-electron chi connectivity index (χ3n) is 5.15. The molecule has 1 aromatic carbocycles. The standard InChI is InChI=1S/C24H38N2O4/c1-14(2)9-17-13-26-8-7-16-10-21(28-5)22(29-6)11-18(16)19(26)12-20(17)30-24(27)23(25)15(3)4/h10-11,14-15,17,19-20,23H,7-9,12-13,25H2,1-6H3/t17?,19?,20?,23-/m0/s1/i3D3,4D3,7D2,8D2,15D,19D,20D,23D. The van der Waals surface area contributed by atoms with Crippen molar-refractivity contribution in [2.24, 2.45) is 23.5 Å². The van der Waals surface area contributed by atoms with Crippen LogP contribution in [0.2, 0.25) is 0 Å². The molecule has 3 unspecified atom stereocenters. The predicted molar refractivity (Wildman–Crippen MR) is 118 cm³/mol. The van der Waals surface area contributed by atoms with E-state index in [1.54, 1.807) is 13.8 Å². The maximum absolute atomic E-state index is 13.5. The monoisotopic (exact) mass is 432 g/mol. The van der Waals surface area contributed by atoms with Crippen molar-refractivity contribution in [1.82, 2.24) is 4.90 Å². The molecule has 0 aliphatic carbocycles. The molecular weight excluding hydrogens is 380 g/mol. The van der Waals surface area contributed by atoms with Crippen LogP contribution in [0.3, 0.4) is 0 Å². The van der Waals surface area contributed by atoms with E-state index in [0.717, 1.165) is 4.90 Å². The largest absolute Gasteiger partial charge is 0.493 e. The molecular formula is C24H38N2O4. The molecule has 168 valence electrons. The number of hydrogen-bond donors (Lipinski definition) is 1. The first-order valence-electron chi connectivity index (χ1n) is 16.7. The van der Waals surface area contributed by atoms with Crippen molar-refractivity contribution in [3.63, 3.8) is 0 Å². The zero-order valence-corrected chi connectivity index (χ0v) is 17.6. The fourth-order valence-electron chi connectivity index (χ4n) is 3.71. The Bertz CT molecular complexity index is 1270. The molecule has 1 aromatic rings. The number of piperidine rings is 1. The zero-order valence-electron chi connectivity index (χ0n) is 31.6. The van der Waals surface area contributed by atoms with E-state index in [9.17, 15) is 7.54 Å². The number of benzene rings is 1. The highest BCUT2D eigenvalue weighted by molar-refractivity contribution is 5.76. The van der Waals surface area contributed by atoms with Crippen LogP contribution in [0.15, 0.2) is 12.1 Å². The van der Waals surface area contributed by atoms with Gasteiger partial charge in [-0.1, -0.05) is 27.6 Å². The van der Waals surface area contributed by atoms with Gasteiger partial charge in [0.1, 0.15) is 12.1 Å². The Balaban J connectivity index is 2.26. The molecule has 6 heteroatoms. The van der Waals surface area contributed by atoms with Crippen molar-refractivity contribution < 1.29 is 38.2 Å². The minimum atomic E-state index is -3.89. The summed E-state index contributed by atoms with van der Waals surface area (Å²) in [7, 11) is 2.58. The van der Waals surface area contributed by atoms with Gasteiger partial charge in [0.15, 0.2) is 11.5 Å². The fraction of sp³-hybridized carbons (Fsp3) is 0.708. The summed E-state index contributed by atoms with van der Waals surface area (Å²) >= 11 is 0. The third kappa shape index (κ3) is 4.75. The number of aryl methyl sites for hydroxylation is 1. The van der Waals surface area contributed by atoms with Crippen molar-refractivity contribution >= 4 is 5.97 Å². The average Bonchev–Trinajstić information content (AvgIpc) is 2.86. The Morgan fingerprint density at radius 2 is 2.07 bits per heavy atom. The van der Waals surface area contributed by atoms with E-state index in [2.05, 4.69) is 0 Å². The first-order chi connectivity index (χ1) is 19.6. The van der Waals surface area contributed by atoms with Crippen LogP contribution in [0.25, 0.3) is 0 Å². The first-order valence-corrected chi connectivity index (χ1v) is 9.67. The number of carbonyl (C=O) groups excluding carboxylic acids is 1. The summed E-state index contributed by atoms with van der Waals surface area (Å²) in [5, 5.41) is 0. The van der Waals surface area contributed by atoms with Gasteiger partial charge in [-0.3, -0.25) is 9.69 Å². The van der Waals surface area contributed by atoms with Crippen LogP contribution in [-0.2, 0) is 15.9 Å². The summed E-state index contributed by atoms with van der Waals surface area (Å²) in [5.41, 5.74) is 5.31. The van der Waals surface area contributed by atoms with Gasteiger partial charge in [0.25, 0.3) is 0 Å². The Hall–Kier alpha value is -1.79. The van der Waals surface area contributed by atoms with Crippen LogP contribution < -0.4 is 15.2 Å². The molecule has 2 heterocycles. The van der Waals surface area contributed by atoms with E-state index in [0.29, 0.717) is 0 Å². The molecule has 2 aliphatic heterocycles. The summed E-state index contributed by atoms with van der Waals surface area (Å²) in [6.07, 6.45) is -6.06. The quantitative estimate of drug-likeness (QED) is 0.664. The van der Waals surface area contributed by atoms with Gasteiger partial charge in [-0.15, -0.1) is 0 Å². The minimum absolute atomic E-state index is 0.0447. The number of hydrogen-bond acceptors (Lipinski definition) is 6. The molecule has 0 saturated carbocycles. The molecule has 2 aliphatic rings. The second-order valence-corrected chi connectivity index (χ2v) is 7.69. The van der Waals surface area contributed by atoms with Gasteiger partial charge in [0, 0.05) is 46.5 Å². The van der Waals surface area contributed by atoms with E-state index in [-0.39, 0.29) is 35.0 Å². The van der Waals surface area contributed by atoms with E-state index in [1.165, 1.54) is 26.4 Å². The van der Waals surface area contributed by atoms with Gasteiger partial charge in [-0.2, -0.15) is 0 Å². The third-order valence-corrected chi connectivity index (χ3v) is 5.15. The van der Waals surface area contributed by atoms with E-state index < -0.39 is 75.4 Å². The topological polar surface area (TPSA) is 74.0 Å². The minimum Gasteiger partial charge on any atom is -0.493 e. The Morgan fingerprint density at radius 1 is 1.37 bits per heavy atom. The van der Waals surface area contributed by atoms with Crippen LogP contribution in [0.1, 0.15) is 76.7 Å². The summed E-state index contributed by atoms with van der Waals surface area (Å²) < 4.78 is 133. The number of rotatable bonds is 7. The van der Waals surface area contributed by atoms with Crippen molar-refractivity contribution in [1.29, 1.82) is 0 Å². The zero-order chi connectivity index (χ0) is 34.3. The lowest BCUT2D eigenvalue weighted by atomic mass is 9.79. The highest BCUT2D eigenvalue weighted by Gasteiger charge is 2.41. The molecule has 30 heavy (non-hydrogen) atoms. The highest BCUT2D eigenvalue weighted by atomic mass is 16.5. The lowest BCUT2D eigenvalue weighted by Crippen LogP contribution is -2.51. The summed E-state index contributed by atoms with van der Waals surface area (Å²) in [4.78, 5) is 14.4. The number of carbonyl (C=O) groups is 1. The maximum Gasteiger partial charge on any atom is 0.323 e. The SMILES string of the molecule is [2H]C1(OC(=O)[C@@]([2H])(N)C([2H])(C([2H])([2H])[2H])C([2H])([2H])[2H])CC2([2H])c3cc(OC)c(OC)cc3C([2H])([2H])C([2H])([2H])N2CC1CC(C)C. The van der Waals surface area contributed by atoms with Crippen LogP contribution in [0, 0.1) is 17.7 Å². The summed E-state index contributed by atoms with van der Waals surface area (Å²) in [5.74, 6) is -7.15. The summed E-state index contributed by atoms with van der Waals surface area (Å²) in [6, 6.07) is -3.61. The van der Waals surface area contributed by atoms with Gasteiger partial charge < -0.3 is 19.9 Å². The van der Waals surface area contributed by atoms with E-state index in [1.807, 2.05) is 0 Å². The molecule has 1 saturated heterocycles. The molecule has 0 amide bonds. The van der Waals surface area contributed by atoms with Crippen LogP contribution >= 0.6 is 0 Å². The average molecular weight is 433 g/mol. The molecule has 0 radical (unpaired) electrons. The lowest BCUT2D eigenvalue weighted by Gasteiger charge is -2.47. The number of ether oxygens (including phenoxy) is 3. The van der Waals surface area contributed by atoms with Crippen molar-refractivity contribution in [3.8, 4) is 11.5 Å². The van der Waals surface area contributed by atoms with Gasteiger partial charge in [-0.25, -0.2) is 0 Å². The number of nitrogens with two attached hydrogens (primary N) is 1. The second-order valence-electron chi connectivity index (χ2n) is 7.69. The smallest absolute Gasteiger partial charge is 0.323 e. The van der Waals surface area contributed by atoms with Crippen molar-refractivity contribution in [2.75, 3.05) is 27.3 Å². The van der Waals surface area contributed by atoms with Crippen LogP contribution in [0.4, 0.5) is 0 Å². The molecule has 3 rings (SSSR count). The Kier molecular flexibility index (Phi) is 3.41. The lowest BCUT2D eigenvalue weighted by molar-refractivity contribution is -0.160. The van der Waals surface area contributed by atoms with Gasteiger partial charge in [0.05, 0.1) is 18.3 Å². The van der Waals surface area contributed by atoms with E-state index >= 15 is 0 Å². The molecule has 0 bridgehead atoms. The Morgan fingerprint density at radius 3 is 2.70 bits per heavy atom. The predicted octanol–water partition coefficient (Wildman–Crippen LogP) is 3.56. The number of methoxy groups -OCH3 is 2. The van der Waals surface area contributed by atoms with Gasteiger partial charge in [0.2, 0.25) is 0 Å². The first kappa shape index (κ1) is 10.7. The van der Waals surface area contributed by atoms with Crippen LogP contribution in [0.5, 0.6) is 11.5 Å². The van der Waals surface area contributed by atoms with Crippen molar-refractivity contribution in [2.45, 2.75) is 64.9 Å². The van der Waals surface area contributed by atoms with E-state index in [4.69, 9.17) is 36.4 Å². The molecule has 6 nitrogen and oxygen atoms in total. The Labute approximate surface area is 200 Å². The fourth-order valence-corrected chi connectivity index (χ4v) is 3.71. The number of nitrogens with zero attached hydrogens (tertiary/aromatic N) is 1. The molecule has 0 spiro atoms. The number of esters is 1. The molecule has 4 atom stereocenters. The summed E-state index contributed by atoms with van der Waals surface area (Å²) in [6.45, 7) is -7.43. The number of fused-ring (bicyclic) bond motifs is 3. The second kappa shape index (κ2) is 9.56. The highest BCUT2D eigenvalue weighted by Crippen LogP contribution is 2.44. The molecule has 0 aromatic heterocycles. The maximum atomic E-state index is 13.5. The van der Waals surface area contributed by atoms with Gasteiger partial charge in [-0.05, 0) is 47.9 Å². The van der Waals surface area contributed by atoms with Crippen LogP contribution in [-0.4, -0.2) is 50.2 Å². The normalized spacial score (nSPS) is 42.3. The van der Waals surface area contributed by atoms with Crippen molar-refractivity contribution in [3.05, 3.63) is 23.3 Å².